The lowest BCUT2D eigenvalue weighted by Crippen LogP contribution is -2.35. The average molecular weight is 509 g/mol. The molecule has 0 radical (unpaired) electrons. The molecule has 4 aromatic rings. The number of ether oxygens (including phenoxy) is 1. The zero-order valence-electron chi connectivity index (χ0n) is 18.2. The van der Waals surface area contributed by atoms with E-state index < -0.39 is 27.8 Å². The second kappa shape index (κ2) is 8.33. The van der Waals surface area contributed by atoms with Crippen molar-refractivity contribution < 1.29 is 22.7 Å². The molecule has 0 saturated heterocycles. The Morgan fingerprint density at radius 3 is 2.51 bits per heavy atom. The van der Waals surface area contributed by atoms with E-state index in [1.807, 2.05) is 0 Å². The highest BCUT2D eigenvalue weighted by Crippen LogP contribution is 2.49. The van der Waals surface area contributed by atoms with Crippen LogP contribution in [0.25, 0.3) is 10.9 Å². The predicted molar refractivity (Wildman–Crippen MR) is 129 cm³/mol. The molecule has 0 aliphatic carbocycles. The van der Waals surface area contributed by atoms with Crippen molar-refractivity contribution in [3.05, 3.63) is 88.7 Å². The molecule has 1 aliphatic heterocycles. The first-order chi connectivity index (χ1) is 16.8. The van der Waals surface area contributed by atoms with Crippen LogP contribution in [0.1, 0.15) is 27.4 Å². The number of primary amides is 1. The Labute approximate surface area is 205 Å². The van der Waals surface area contributed by atoms with Gasteiger partial charge in [-0.1, -0.05) is 35.9 Å². The maximum Gasteiger partial charge on any atom is 0.273 e. The number of anilines is 1. The summed E-state index contributed by atoms with van der Waals surface area (Å²) in [4.78, 5) is 34.5. The molecule has 35 heavy (non-hydrogen) atoms. The summed E-state index contributed by atoms with van der Waals surface area (Å²) in [6.45, 7) is 0. The summed E-state index contributed by atoms with van der Waals surface area (Å²) in [7, 11) is -3.11. The molecule has 2 aromatic heterocycles. The second-order valence-electron chi connectivity index (χ2n) is 7.69. The van der Waals surface area contributed by atoms with E-state index in [0.29, 0.717) is 9.69 Å². The highest BCUT2D eigenvalue weighted by Gasteiger charge is 2.48. The van der Waals surface area contributed by atoms with Crippen molar-refractivity contribution in [1.29, 1.82) is 0 Å². The first-order valence-electron chi connectivity index (χ1n) is 10.3. The number of fused-ring (bicyclic) bond motifs is 2. The number of para-hydroxylation sites is 1. The lowest BCUT2D eigenvalue weighted by molar-refractivity contribution is -0.117. The lowest BCUT2D eigenvalue weighted by atomic mass is 9.89. The van der Waals surface area contributed by atoms with Crippen LogP contribution in [0.5, 0.6) is 5.88 Å². The molecule has 9 nitrogen and oxygen atoms in total. The van der Waals surface area contributed by atoms with Crippen molar-refractivity contribution in [3.63, 3.8) is 0 Å². The fourth-order valence-electron chi connectivity index (χ4n) is 4.37. The van der Waals surface area contributed by atoms with Crippen LogP contribution in [0.15, 0.2) is 71.9 Å². The highest BCUT2D eigenvalue weighted by molar-refractivity contribution is 7.93. The Kier molecular flexibility index (Phi) is 5.42. The molecule has 2 N–H and O–H groups in total. The minimum atomic E-state index is -4.48. The molecule has 5 rings (SSSR count). The van der Waals surface area contributed by atoms with Crippen LogP contribution in [0.3, 0.4) is 0 Å². The fraction of sp³-hybridized carbons (Fsp3) is 0.0833. The van der Waals surface area contributed by atoms with Gasteiger partial charge >= 0.3 is 0 Å². The maximum absolute atomic E-state index is 14.0. The average Bonchev–Trinajstić information content (AvgIpc) is 3.15. The second-order valence-corrected chi connectivity index (χ2v) is 9.86. The summed E-state index contributed by atoms with van der Waals surface area (Å²) in [5.41, 5.74) is 5.98. The zero-order valence-corrected chi connectivity index (χ0v) is 19.7. The van der Waals surface area contributed by atoms with Crippen molar-refractivity contribution in [2.45, 2.75) is 10.8 Å². The Balaban J connectivity index is 1.82. The molecule has 3 heterocycles. The number of hydrogen-bond acceptors (Lipinski definition) is 7. The number of carbonyl (C=O) groups excluding carboxylic acids is 2. The number of amides is 2. The molecule has 11 heteroatoms. The van der Waals surface area contributed by atoms with Gasteiger partial charge in [0.2, 0.25) is 5.88 Å². The number of rotatable bonds is 5. The number of sulfonamides is 1. The third kappa shape index (κ3) is 3.41. The van der Waals surface area contributed by atoms with Gasteiger partial charge in [-0.05, 0) is 30.3 Å². The first kappa shape index (κ1) is 22.8. The Bertz CT molecular complexity index is 1640. The van der Waals surface area contributed by atoms with E-state index in [-0.39, 0.29) is 43.7 Å². The number of benzene rings is 2. The molecular formula is C24H17ClN4O5S. The molecule has 0 saturated carbocycles. The third-order valence-corrected chi connectivity index (χ3v) is 7.85. The smallest absolute Gasteiger partial charge is 0.273 e. The van der Waals surface area contributed by atoms with E-state index in [4.69, 9.17) is 22.1 Å². The molecule has 176 valence electrons. The van der Waals surface area contributed by atoms with Crippen LogP contribution in [0, 0.1) is 0 Å². The van der Waals surface area contributed by atoms with E-state index >= 15 is 0 Å². The van der Waals surface area contributed by atoms with Crippen molar-refractivity contribution in [3.8, 4) is 5.88 Å². The van der Waals surface area contributed by atoms with Gasteiger partial charge in [0.15, 0.2) is 0 Å². The van der Waals surface area contributed by atoms with Gasteiger partial charge in [0, 0.05) is 28.9 Å². The number of nitrogens with two attached hydrogens (primary N) is 1. The third-order valence-electron chi connectivity index (χ3n) is 5.79. The fourth-order valence-corrected chi connectivity index (χ4v) is 6.25. The molecule has 2 amide bonds. The largest absolute Gasteiger partial charge is 0.481 e. The van der Waals surface area contributed by atoms with Crippen molar-refractivity contribution in [2.24, 2.45) is 5.73 Å². The van der Waals surface area contributed by atoms with Crippen molar-refractivity contribution in [1.82, 2.24) is 9.97 Å². The number of pyridine rings is 2. The van der Waals surface area contributed by atoms with Gasteiger partial charge in [0.25, 0.3) is 21.8 Å². The molecule has 1 aliphatic rings. The van der Waals surface area contributed by atoms with Crippen LogP contribution in [-0.4, -0.2) is 37.3 Å². The number of halogens is 1. The molecule has 2 aromatic carbocycles. The van der Waals surface area contributed by atoms with E-state index in [9.17, 15) is 18.0 Å². The number of aromatic nitrogens is 2. The number of carbonyl (C=O) groups is 2. The molecule has 1 unspecified atom stereocenters. The number of nitrogens with zero attached hydrogens (tertiary/aromatic N) is 3. The summed E-state index contributed by atoms with van der Waals surface area (Å²) >= 11 is 6.30. The van der Waals surface area contributed by atoms with Gasteiger partial charge < -0.3 is 10.5 Å². The SMILES string of the molecule is COc1ncccc1C1C(=O)N(S(=O)(=O)c2cccc3cccnc23)c2ccc(Cl)c(C(N)=O)c21. The minimum absolute atomic E-state index is 0.0111. The van der Waals surface area contributed by atoms with Crippen molar-refractivity contribution >= 4 is 50.0 Å². The minimum Gasteiger partial charge on any atom is -0.481 e. The van der Waals surface area contributed by atoms with Crippen LogP contribution >= 0.6 is 11.6 Å². The van der Waals surface area contributed by atoms with Gasteiger partial charge in [-0.25, -0.2) is 17.7 Å². The summed E-state index contributed by atoms with van der Waals surface area (Å²) < 4.78 is 34.0. The standard InChI is InChI=1S/C24H17ClN4O5S/c1-34-23-14(7-4-12-28-23)18-20-16(10-9-15(25)19(20)22(26)30)29(24(18)31)35(32,33)17-8-2-5-13-6-3-11-27-21(13)17/h2-12,18H,1H3,(H2,26,30). The van der Waals surface area contributed by atoms with Gasteiger partial charge in [-0.2, -0.15) is 0 Å². The predicted octanol–water partition coefficient (Wildman–Crippen LogP) is 3.26. The lowest BCUT2D eigenvalue weighted by Gasteiger charge is -2.19. The Morgan fingerprint density at radius 2 is 1.77 bits per heavy atom. The van der Waals surface area contributed by atoms with Crippen LogP contribution in [0.2, 0.25) is 5.02 Å². The van der Waals surface area contributed by atoms with Gasteiger partial charge in [0.05, 0.1) is 34.8 Å². The van der Waals surface area contributed by atoms with Gasteiger partial charge in [-0.3, -0.25) is 14.6 Å². The summed E-state index contributed by atoms with van der Waals surface area (Å²) in [5.74, 6) is -2.89. The Morgan fingerprint density at radius 1 is 1.06 bits per heavy atom. The zero-order chi connectivity index (χ0) is 24.9. The monoisotopic (exact) mass is 508 g/mol. The molecule has 0 spiro atoms. The normalized spacial score (nSPS) is 15.3. The van der Waals surface area contributed by atoms with Crippen molar-refractivity contribution in [2.75, 3.05) is 11.4 Å². The van der Waals surface area contributed by atoms with E-state index in [1.165, 1.54) is 37.7 Å². The first-order valence-corrected chi connectivity index (χ1v) is 12.1. The van der Waals surface area contributed by atoms with E-state index in [1.54, 1.807) is 36.4 Å². The molecule has 0 bridgehead atoms. The van der Waals surface area contributed by atoms with E-state index in [2.05, 4.69) is 9.97 Å². The molecular weight excluding hydrogens is 492 g/mol. The van der Waals surface area contributed by atoms with Gasteiger partial charge in [-0.15, -0.1) is 0 Å². The van der Waals surface area contributed by atoms with Crippen LogP contribution in [-0.2, 0) is 14.8 Å². The molecule has 1 atom stereocenters. The highest BCUT2D eigenvalue weighted by atomic mass is 35.5. The summed E-state index contributed by atoms with van der Waals surface area (Å²) in [5, 5.41) is 0.572. The number of methoxy groups -OCH3 is 1. The quantitative estimate of drug-likeness (QED) is 0.437. The molecule has 0 fully saturated rings. The van der Waals surface area contributed by atoms with Gasteiger partial charge in [0.1, 0.15) is 4.90 Å². The summed E-state index contributed by atoms with van der Waals surface area (Å²) in [6.07, 6.45) is 2.93. The van der Waals surface area contributed by atoms with E-state index in [0.717, 1.165) is 0 Å². The number of hydrogen-bond donors (Lipinski definition) is 1. The Hall–Kier alpha value is -4.02. The summed E-state index contributed by atoms with van der Waals surface area (Å²) in [6, 6.07) is 13.9. The van der Waals surface area contributed by atoms with Crippen LogP contribution < -0.4 is 14.8 Å². The van der Waals surface area contributed by atoms with Crippen LogP contribution in [0.4, 0.5) is 5.69 Å². The maximum atomic E-state index is 14.0. The topological polar surface area (TPSA) is 133 Å².